The predicted octanol–water partition coefficient (Wildman–Crippen LogP) is 1.91. The molecule has 6 nitrogen and oxygen atoms in total. The summed E-state index contributed by atoms with van der Waals surface area (Å²) in [6, 6.07) is 0. The number of rotatable bonds is 3. The van der Waals surface area contributed by atoms with Crippen LogP contribution in [0.1, 0.15) is 31.3 Å². The fourth-order valence-electron chi connectivity index (χ4n) is 1.16. The Bertz CT molecular complexity index is 449. The van der Waals surface area contributed by atoms with Crippen LogP contribution in [0.3, 0.4) is 0 Å². The SMILES string of the molecule is CN(C)c1sc(OC(=O)NC(C)(C)C)nc1C=O. The number of amides is 1. The molecule has 18 heavy (non-hydrogen) atoms. The molecule has 0 unspecified atom stereocenters. The van der Waals surface area contributed by atoms with E-state index in [1.807, 2.05) is 20.8 Å². The van der Waals surface area contributed by atoms with Crippen LogP contribution in [0.5, 0.6) is 5.19 Å². The lowest BCUT2D eigenvalue weighted by molar-refractivity contribution is 0.111. The van der Waals surface area contributed by atoms with Crippen LogP contribution in [0.15, 0.2) is 0 Å². The van der Waals surface area contributed by atoms with E-state index in [9.17, 15) is 9.59 Å². The molecule has 0 atom stereocenters. The maximum Gasteiger partial charge on any atom is 0.414 e. The van der Waals surface area contributed by atoms with Gasteiger partial charge >= 0.3 is 6.09 Å². The fraction of sp³-hybridized carbons (Fsp3) is 0.545. The van der Waals surface area contributed by atoms with E-state index in [0.29, 0.717) is 11.3 Å². The molecule has 100 valence electrons. The molecule has 0 aliphatic rings. The number of hydrogen-bond donors (Lipinski definition) is 1. The summed E-state index contributed by atoms with van der Waals surface area (Å²) in [6.07, 6.45) is 0.0550. The van der Waals surface area contributed by atoms with Gasteiger partial charge in [-0.25, -0.2) is 4.79 Å². The third-order valence-corrected chi connectivity index (χ3v) is 2.91. The molecule has 0 aliphatic heterocycles. The molecular formula is C11H17N3O3S. The van der Waals surface area contributed by atoms with Gasteiger partial charge in [0.15, 0.2) is 6.29 Å². The summed E-state index contributed by atoms with van der Waals surface area (Å²) in [7, 11) is 3.58. The molecule has 0 spiro atoms. The predicted molar refractivity (Wildman–Crippen MR) is 70.7 cm³/mol. The molecule has 1 aromatic rings. The van der Waals surface area contributed by atoms with E-state index < -0.39 is 6.09 Å². The first-order valence-electron chi connectivity index (χ1n) is 5.36. The van der Waals surface area contributed by atoms with E-state index in [1.165, 1.54) is 0 Å². The quantitative estimate of drug-likeness (QED) is 0.850. The lowest BCUT2D eigenvalue weighted by Crippen LogP contribution is -2.42. The number of aromatic nitrogens is 1. The number of nitrogens with one attached hydrogen (secondary N) is 1. The minimum atomic E-state index is -0.584. The van der Waals surface area contributed by atoms with Gasteiger partial charge in [-0.3, -0.25) is 4.79 Å². The van der Waals surface area contributed by atoms with E-state index in [4.69, 9.17) is 4.74 Å². The Morgan fingerprint density at radius 1 is 1.44 bits per heavy atom. The van der Waals surface area contributed by atoms with Gasteiger partial charge in [0, 0.05) is 19.6 Å². The van der Waals surface area contributed by atoms with Crippen molar-refractivity contribution in [2.45, 2.75) is 26.3 Å². The molecule has 0 saturated carbocycles. The summed E-state index contributed by atoms with van der Waals surface area (Å²) in [6.45, 7) is 5.54. The van der Waals surface area contributed by atoms with E-state index in [0.717, 1.165) is 11.3 Å². The minimum Gasteiger partial charge on any atom is -0.381 e. The highest BCUT2D eigenvalue weighted by Crippen LogP contribution is 2.31. The second-order valence-electron chi connectivity index (χ2n) is 4.95. The van der Waals surface area contributed by atoms with Crippen LogP contribution in [0.25, 0.3) is 0 Å². The minimum absolute atomic E-state index is 0.155. The summed E-state index contributed by atoms with van der Waals surface area (Å²) in [5.41, 5.74) is -0.116. The van der Waals surface area contributed by atoms with E-state index in [1.54, 1.807) is 19.0 Å². The number of nitrogens with zero attached hydrogens (tertiary/aromatic N) is 2. The van der Waals surface area contributed by atoms with Gasteiger partial charge in [0.2, 0.25) is 0 Å². The fourth-order valence-corrected chi connectivity index (χ4v) is 1.96. The number of ether oxygens (including phenoxy) is 1. The highest BCUT2D eigenvalue weighted by molar-refractivity contribution is 7.17. The zero-order valence-corrected chi connectivity index (χ0v) is 11.9. The maximum absolute atomic E-state index is 11.5. The van der Waals surface area contributed by atoms with Gasteiger partial charge in [-0.2, -0.15) is 4.98 Å². The monoisotopic (exact) mass is 271 g/mol. The molecule has 7 heteroatoms. The maximum atomic E-state index is 11.5. The number of carbonyl (C=O) groups excluding carboxylic acids is 2. The summed E-state index contributed by atoms with van der Waals surface area (Å²) in [5, 5.41) is 3.46. The third-order valence-electron chi connectivity index (χ3n) is 1.79. The number of thiazole rings is 1. The van der Waals surface area contributed by atoms with Crippen molar-refractivity contribution in [3.63, 3.8) is 0 Å². The Balaban J connectivity index is 2.80. The van der Waals surface area contributed by atoms with E-state index in [2.05, 4.69) is 10.3 Å². The molecule has 0 fully saturated rings. The number of aldehydes is 1. The smallest absolute Gasteiger partial charge is 0.381 e. The topological polar surface area (TPSA) is 71.5 Å². The van der Waals surface area contributed by atoms with E-state index in [-0.39, 0.29) is 16.4 Å². The molecular weight excluding hydrogens is 254 g/mol. The Hall–Kier alpha value is -1.63. The summed E-state index contributed by atoms with van der Waals surface area (Å²) in [4.78, 5) is 28.1. The second-order valence-corrected chi connectivity index (χ2v) is 5.89. The first kappa shape index (κ1) is 14.4. The molecule has 1 amide bonds. The van der Waals surface area contributed by atoms with Crippen molar-refractivity contribution in [1.29, 1.82) is 0 Å². The van der Waals surface area contributed by atoms with Crippen LogP contribution >= 0.6 is 11.3 Å². The average Bonchev–Trinajstić information content (AvgIpc) is 2.57. The van der Waals surface area contributed by atoms with Crippen molar-refractivity contribution in [3.05, 3.63) is 5.69 Å². The zero-order valence-electron chi connectivity index (χ0n) is 11.1. The number of hydrogen-bond acceptors (Lipinski definition) is 6. The van der Waals surface area contributed by atoms with Crippen LogP contribution < -0.4 is 15.0 Å². The normalized spacial score (nSPS) is 10.9. The van der Waals surface area contributed by atoms with Gasteiger partial charge in [0.05, 0.1) is 0 Å². The van der Waals surface area contributed by atoms with Crippen LogP contribution in [-0.2, 0) is 0 Å². The Labute approximate surface area is 110 Å². The third kappa shape index (κ3) is 3.99. The lowest BCUT2D eigenvalue weighted by atomic mass is 10.1. The Kier molecular flexibility index (Phi) is 4.28. The molecule has 0 bridgehead atoms. The van der Waals surface area contributed by atoms with Crippen molar-refractivity contribution in [2.75, 3.05) is 19.0 Å². The number of carbonyl (C=O) groups is 2. The molecule has 0 aliphatic carbocycles. The Morgan fingerprint density at radius 3 is 2.44 bits per heavy atom. The first-order valence-corrected chi connectivity index (χ1v) is 6.18. The largest absolute Gasteiger partial charge is 0.414 e. The molecule has 1 heterocycles. The van der Waals surface area contributed by atoms with Crippen LogP contribution in [0.4, 0.5) is 9.80 Å². The van der Waals surface area contributed by atoms with Gasteiger partial charge in [0.25, 0.3) is 5.19 Å². The van der Waals surface area contributed by atoms with Crippen molar-refractivity contribution in [3.8, 4) is 5.19 Å². The molecule has 0 saturated heterocycles. The molecule has 1 rings (SSSR count). The Morgan fingerprint density at radius 2 is 2.06 bits per heavy atom. The summed E-state index contributed by atoms with van der Waals surface area (Å²) >= 11 is 1.15. The highest BCUT2D eigenvalue weighted by Gasteiger charge is 2.19. The highest BCUT2D eigenvalue weighted by atomic mass is 32.1. The molecule has 1 N–H and O–H groups in total. The number of anilines is 1. The van der Waals surface area contributed by atoms with Crippen molar-refractivity contribution >= 4 is 28.7 Å². The van der Waals surface area contributed by atoms with Gasteiger partial charge in [-0.15, -0.1) is 0 Å². The summed E-state index contributed by atoms with van der Waals surface area (Å²) in [5.74, 6) is 0. The van der Waals surface area contributed by atoms with Crippen molar-refractivity contribution in [1.82, 2.24) is 10.3 Å². The average molecular weight is 271 g/mol. The van der Waals surface area contributed by atoms with Crippen LogP contribution in [0, 0.1) is 0 Å². The molecule has 0 aromatic carbocycles. The lowest BCUT2D eigenvalue weighted by Gasteiger charge is -2.19. The van der Waals surface area contributed by atoms with Gasteiger partial charge in [0.1, 0.15) is 10.7 Å². The van der Waals surface area contributed by atoms with E-state index >= 15 is 0 Å². The van der Waals surface area contributed by atoms with Crippen molar-refractivity contribution in [2.24, 2.45) is 0 Å². The van der Waals surface area contributed by atoms with Crippen LogP contribution in [-0.4, -0.2) is 37.0 Å². The van der Waals surface area contributed by atoms with Crippen LogP contribution in [0.2, 0.25) is 0 Å². The van der Waals surface area contributed by atoms with Gasteiger partial charge in [-0.05, 0) is 20.8 Å². The van der Waals surface area contributed by atoms with Crippen molar-refractivity contribution < 1.29 is 14.3 Å². The molecule has 1 aromatic heterocycles. The zero-order chi connectivity index (χ0) is 13.9. The van der Waals surface area contributed by atoms with Gasteiger partial charge in [-0.1, -0.05) is 11.3 Å². The molecule has 0 radical (unpaired) electrons. The second kappa shape index (κ2) is 5.34. The summed E-state index contributed by atoms with van der Waals surface area (Å²) < 4.78 is 5.04. The van der Waals surface area contributed by atoms with Gasteiger partial charge < -0.3 is 15.0 Å². The standard InChI is InChI=1S/C11H17N3O3S/c1-11(2,3)13-9(16)17-10-12-7(6-15)8(18-10)14(4)5/h6H,1-5H3,(H,13,16). The first-order chi connectivity index (χ1) is 8.23.